The number of furan rings is 2. The van der Waals surface area contributed by atoms with E-state index < -0.39 is 11.9 Å². The molecule has 710 valence electrons. The van der Waals surface area contributed by atoms with E-state index in [-0.39, 0.29) is 54.8 Å². The van der Waals surface area contributed by atoms with Crippen LogP contribution in [0, 0.1) is 83.1 Å². The lowest BCUT2D eigenvalue weighted by molar-refractivity contribution is -0.117. The van der Waals surface area contributed by atoms with Crippen molar-refractivity contribution in [3.8, 4) is 50.6 Å². The minimum atomic E-state index is -1.16. The highest BCUT2D eigenvalue weighted by atomic mass is 35.5. The minimum Gasteiger partial charge on any atom is -0.494 e. The van der Waals surface area contributed by atoms with E-state index >= 15 is 0 Å². The van der Waals surface area contributed by atoms with E-state index in [1.165, 1.54) is 6.07 Å². The number of fused-ring (bicyclic) bond motifs is 3. The average Bonchev–Trinajstić information content (AvgIpc) is 1.59. The van der Waals surface area contributed by atoms with E-state index in [9.17, 15) is 33.9 Å². The van der Waals surface area contributed by atoms with Gasteiger partial charge in [-0.3, -0.25) is 33.6 Å². The van der Waals surface area contributed by atoms with Gasteiger partial charge in [0.15, 0.2) is 0 Å². The number of ether oxygens (including phenoxy) is 4. The molecule has 0 bridgehead atoms. The number of carboxylic acid groups (broad SMARTS) is 1. The summed E-state index contributed by atoms with van der Waals surface area (Å²) in [4.78, 5) is 77.8. The number of carbonyl (C=O) groups excluding carboxylic acids is 5. The highest BCUT2D eigenvalue weighted by Gasteiger charge is 2.32. The van der Waals surface area contributed by atoms with Crippen LogP contribution in [0.3, 0.4) is 0 Å². The van der Waals surface area contributed by atoms with Gasteiger partial charge in [-0.2, -0.15) is 15.3 Å². The van der Waals surface area contributed by atoms with Crippen LogP contribution in [-0.4, -0.2) is 106 Å². The molecule has 0 spiro atoms. The van der Waals surface area contributed by atoms with E-state index in [1.807, 2.05) is 226 Å². The number of carboxylic acids is 1. The summed E-state index contributed by atoms with van der Waals surface area (Å²) in [5.74, 6) is 0.586. The van der Waals surface area contributed by atoms with Gasteiger partial charge in [0.2, 0.25) is 17.4 Å². The minimum absolute atomic E-state index is 0.0547. The molecule has 0 fully saturated rings. The zero-order chi connectivity index (χ0) is 97.9. The van der Waals surface area contributed by atoms with Gasteiger partial charge in [0.05, 0.1) is 67.6 Å². The van der Waals surface area contributed by atoms with Gasteiger partial charge in [-0.1, -0.05) is 132 Å². The maximum absolute atomic E-state index is 14.0. The van der Waals surface area contributed by atoms with Crippen molar-refractivity contribution < 1.29 is 61.7 Å². The van der Waals surface area contributed by atoms with Crippen molar-refractivity contribution in [2.24, 2.45) is 28.2 Å². The van der Waals surface area contributed by atoms with Crippen molar-refractivity contribution in [2.45, 2.75) is 161 Å². The number of H-pyrrole nitrogens is 1. The Morgan fingerprint density at radius 2 is 0.869 bits per heavy atom. The van der Waals surface area contributed by atoms with Crippen LogP contribution in [0.5, 0.6) is 17.2 Å². The molecule has 137 heavy (non-hydrogen) atoms. The summed E-state index contributed by atoms with van der Waals surface area (Å²) in [6.07, 6.45) is 4.53. The number of halogens is 3. The van der Waals surface area contributed by atoms with Gasteiger partial charge in [-0.05, 0) is 279 Å². The summed E-state index contributed by atoms with van der Waals surface area (Å²) in [6, 6.07) is 53.6. The molecule has 4 amide bonds. The number of aromatic carboxylic acids is 1. The number of benzene rings is 8. The number of nitrogens with zero attached hydrogens (tertiary/aromatic N) is 7. The third-order valence-electron chi connectivity index (χ3n) is 25.1. The van der Waals surface area contributed by atoms with Gasteiger partial charge in [0.25, 0.3) is 17.7 Å². The van der Waals surface area contributed by atoms with Crippen molar-refractivity contribution in [1.29, 1.82) is 0 Å². The van der Waals surface area contributed by atoms with Crippen LogP contribution in [0.4, 0.5) is 0 Å². The Labute approximate surface area is 812 Å². The van der Waals surface area contributed by atoms with Crippen LogP contribution in [0.2, 0.25) is 15.1 Å². The maximum atomic E-state index is 14.0. The number of carbonyl (C=O) groups is 6. The molecule has 28 heteroatoms. The van der Waals surface area contributed by atoms with Crippen LogP contribution in [0.1, 0.15) is 197 Å². The van der Waals surface area contributed by atoms with E-state index in [2.05, 4.69) is 85.0 Å². The molecule has 0 aliphatic heterocycles. The van der Waals surface area contributed by atoms with Crippen molar-refractivity contribution in [1.82, 2.24) is 60.2 Å². The highest BCUT2D eigenvalue weighted by molar-refractivity contribution is 6.33. The van der Waals surface area contributed by atoms with E-state index in [0.717, 1.165) is 206 Å². The fourth-order valence-corrected chi connectivity index (χ4v) is 18.7. The normalized spacial score (nSPS) is 11.6. The number of allylic oxidation sites excluding steroid dienone is 1. The summed E-state index contributed by atoms with van der Waals surface area (Å²) >= 11 is 19.0. The average molecular weight is 1910 g/mol. The van der Waals surface area contributed by atoms with E-state index in [1.54, 1.807) is 31.2 Å². The number of para-hydroxylation sites is 2. The third kappa shape index (κ3) is 22.2. The molecule has 25 nitrogen and oxygen atoms in total. The molecule has 7 aromatic heterocycles. The first-order valence-electron chi connectivity index (χ1n) is 45.8. The monoisotopic (exact) mass is 1900 g/mol. The summed E-state index contributed by atoms with van der Waals surface area (Å²) in [6.45, 7) is 28.3. The number of aromatic nitrogens is 8. The topological polar surface area (TPSA) is 308 Å². The van der Waals surface area contributed by atoms with Gasteiger partial charge >= 0.3 is 11.9 Å². The molecule has 6 N–H and O–H groups in total. The lowest BCUT2D eigenvalue weighted by Crippen LogP contribution is -2.26. The Morgan fingerprint density at radius 3 is 1.32 bits per heavy atom. The molecule has 0 atom stereocenters. The van der Waals surface area contributed by atoms with Crippen LogP contribution in [-0.2, 0) is 83.2 Å². The molecule has 0 radical (unpaired) electrons. The van der Waals surface area contributed by atoms with E-state index in [0.29, 0.717) is 99.9 Å². The maximum Gasteiger partial charge on any atom is 0.374 e. The number of rotatable bonds is 33. The number of aromatic amines is 1. The number of hydrogen-bond acceptors (Lipinski definition) is 15. The molecule has 1 aliphatic carbocycles. The van der Waals surface area contributed by atoms with Crippen molar-refractivity contribution in [3.05, 3.63) is 331 Å². The Kier molecular flexibility index (Phi) is 31.5. The fourth-order valence-electron chi connectivity index (χ4n) is 18.3. The van der Waals surface area contributed by atoms with Crippen molar-refractivity contribution in [2.75, 3.05) is 26.4 Å². The summed E-state index contributed by atoms with van der Waals surface area (Å²) < 4.78 is 42.0. The largest absolute Gasteiger partial charge is 0.494 e. The SMILES string of the molecule is CCOC(=O)c1ccc(CNC(=O)c2c(CCCOc3cc(C)c(Cl)c(C)c3)c3cccc(-c4c(C)nn(C)c4C)c3n2C)o1.Cc1cc(OCCCC2=C(C(=O)NCc3cccc(C(=O)NCc4ccccc4)c3)Cc3c2cccc3-c2c(C)n[nH]c2C)cc(C)c1Cl.Cc1cc(OCCCc2c(C(=O)NCc3ccc(C(=O)O)o3)n(C)c3c(-c4c(C)nn(C)c4C)cccc23)cc(C)c1Cl. The van der Waals surface area contributed by atoms with Crippen LogP contribution in [0.25, 0.3) is 60.8 Å². The first-order chi connectivity index (χ1) is 65.7. The van der Waals surface area contributed by atoms with Gasteiger partial charge in [-0.15, -0.1) is 0 Å². The second-order valence-electron chi connectivity index (χ2n) is 34.7. The molecule has 0 saturated heterocycles. The van der Waals surface area contributed by atoms with Gasteiger partial charge in [-0.25, -0.2) is 9.59 Å². The molecule has 8 aromatic carbocycles. The smallest absolute Gasteiger partial charge is 0.374 e. The number of esters is 1. The van der Waals surface area contributed by atoms with Gasteiger partial charge in [0.1, 0.15) is 40.2 Å². The summed E-state index contributed by atoms with van der Waals surface area (Å²) in [5, 5.41) is 42.3. The number of nitrogens with one attached hydrogen (secondary N) is 5. The fraction of sp³-hybridized carbons (Fsp3) is 0.294. The van der Waals surface area contributed by atoms with E-state index in [4.69, 9.17) is 62.6 Å². The van der Waals surface area contributed by atoms with Crippen LogP contribution < -0.4 is 35.5 Å². The zero-order valence-corrected chi connectivity index (χ0v) is 82.7. The lowest BCUT2D eigenvalue weighted by Gasteiger charge is -2.13. The quantitative estimate of drug-likeness (QED) is 0.0164. The lowest BCUT2D eigenvalue weighted by atomic mass is 9.93. The Bertz CT molecular complexity index is 7050. The predicted octanol–water partition coefficient (Wildman–Crippen LogP) is 22.3. The zero-order valence-electron chi connectivity index (χ0n) is 80.4. The second-order valence-corrected chi connectivity index (χ2v) is 35.9. The second kappa shape index (κ2) is 43.7. The van der Waals surface area contributed by atoms with Gasteiger partial charge in [0, 0.05) is 130 Å². The molecule has 7 heterocycles. The summed E-state index contributed by atoms with van der Waals surface area (Å²) in [5.41, 5.74) is 29.3. The molecule has 0 unspecified atom stereocenters. The first kappa shape index (κ1) is 98.8. The number of hydrogen-bond donors (Lipinski definition) is 6. The first-order valence-corrected chi connectivity index (χ1v) is 46.9. The molecular formula is C109H115Cl3N12O13. The van der Waals surface area contributed by atoms with Crippen LogP contribution >= 0.6 is 34.8 Å². The molecule has 16 rings (SSSR count). The molecular weight excluding hydrogens is 1790 g/mol. The number of amides is 4. The van der Waals surface area contributed by atoms with Crippen LogP contribution in [0.15, 0.2) is 184 Å². The highest BCUT2D eigenvalue weighted by Crippen LogP contribution is 2.45. The Morgan fingerprint density at radius 1 is 0.445 bits per heavy atom. The molecule has 1 aliphatic rings. The standard InChI is InChI=1S/C41H41ClN4O3.C35H39ClN4O5.C33H35ClN4O5/c1-25-19-32(20-26(2)39(25)42)49-18-10-17-34-33-15-9-16-35(38-27(3)45-46-28(38)4)36(33)22-37(34)41(48)44-24-30-13-8-14-31(21-30)40(47)43-23-29-11-6-5-7-12-29;1-8-43-35(42)29-15-14-24(45-29)19-37-34(41)33-27(13-10-16-44-25-17-20(2)31(36)21(3)18-25)26-11-9-12-28(32(26)39(33)6)30-22(4)38-40(7)23(30)5;1-18-15-23(16-19(2)29(18)34)42-14-8-11-25-24-9-7-10-26(28-20(3)36-38(6)21(28)4)30(24)37(5)31(25)32(39)35-17-22-12-13-27(43-22)33(40)41/h5-9,11-16,19-21H,10,17-18,22-24H2,1-4H3,(H,43,47)(H,44,48)(H,45,46);9,11-12,14-15,17-18H,8,10,13,16,19H2,1-7H3,(H,37,41);7,9-10,12-13,15-16H,8,11,14,17H2,1-6H3,(H,35,39)(H,40,41). The number of aryl methyl sites for hydroxylation is 16. The van der Waals surface area contributed by atoms with Crippen molar-refractivity contribution >= 4 is 97.7 Å². The Balaban J connectivity index is 0.000000165. The molecule has 0 saturated carbocycles. The van der Waals surface area contributed by atoms with Gasteiger partial charge < -0.3 is 63.3 Å². The van der Waals surface area contributed by atoms with Crippen molar-refractivity contribution in [3.63, 3.8) is 0 Å². The predicted molar refractivity (Wildman–Crippen MR) is 537 cm³/mol. The molecule has 15 aromatic rings. The third-order valence-corrected chi connectivity index (χ3v) is 26.8. The summed E-state index contributed by atoms with van der Waals surface area (Å²) in [7, 11) is 7.69. The Hall–Kier alpha value is -14.1.